The molecule has 3 rings (SSSR count). The zero-order chi connectivity index (χ0) is 22.3. The van der Waals surface area contributed by atoms with E-state index >= 15 is 0 Å². The van der Waals surface area contributed by atoms with Gasteiger partial charge in [0, 0.05) is 43.2 Å². The Balaban J connectivity index is 1.54. The third-order valence-electron chi connectivity index (χ3n) is 5.13. The van der Waals surface area contributed by atoms with Gasteiger partial charge in [-0.15, -0.1) is 0 Å². The van der Waals surface area contributed by atoms with E-state index in [1.165, 1.54) is 24.3 Å². The summed E-state index contributed by atoms with van der Waals surface area (Å²) in [5.74, 6) is -0.392. The average Bonchev–Trinajstić information content (AvgIpc) is 2.79. The van der Waals surface area contributed by atoms with Crippen molar-refractivity contribution in [1.82, 2.24) is 9.62 Å². The van der Waals surface area contributed by atoms with Gasteiger partial charge in [-0.05, 0) is 49.2 Å². The van der Waals surface area contributed by atoms with Crippen molar-refractivity contribution in [2.24, 2.45) is 5.92 Å². The van der Waals surface area contributed by atoms with Gasteiger partial charge < -0.3 is 10.2 Å². The molecule has 2 N–H and O–H groups in total. The van der Waals surface area contributed by atoms with Crippen LogP contribution in [0.25, 0.3) is 0 Å². The number of nitrogens with zero attached hydrogens (tertiary/aromatic N) is 2. The van der Waals surface area contributed by atoms with E-state index in [9.17, 15) is 18.0 Å². The summed E-state index contributed by atoms with van der Waals surface area (Å²) in [6.45, 7) is 0.954. The molecular formula is C22H24N4O4S. The topological polar surface area (TPSA) is 119 Å². The summed E-state index contributed by atoms with van der Waals surface area (Å²) >= 11 is 0. The number of carbonyl (C=O) groups excluding carboxylic acids is 2. The molecule has 1 aliphatic heterocycles. The number of para-hydroxylation sites is 1. The number of anilines is 1. The minimum atomic E-state index is -3.71. The fraction of sp³-hybridized carbons (Fsp3) is 0.318. The van der Waals surface area contributed by atoms with Crippen LogP contribution in [0.1, 0.15) is 29.6 Å². The predicted octanol–water partition coefficient (Wildman–Crippen LogP) is 2.37. The molecule has 0 spiro atoms. The van der Waals surface area contributed by atoms with Crippen molar-refractivity contribution in [3.05, 3.63) is 60.2 Å². The number of amides is 2. The highest BCUT2D eigenvalue weighted by atomic mass is 32.2. The Morgan fingerprint density at radius 2 is 1.68 bits per heavy atom. The zero-order valence-electron chi connectivity index (χ0n) is 17.0. The number of hydrogen-bond acceptors (Lipinski definition) is 5. The zero-order valence-corrected chi connectivity index (χ0v) is 17.8. The molecule has 9 heteroatoms. The van der Waals surface area contributed by atoms with E-state index in [-0.39, 0.29) is 35.6 Å². The van der Waals surface area contributed by atoms with E-state index in [1.54, 1.807) is 4.90 Å². The summed E-state index contributed by atoms with van der Waals surface area (Å²) in [6.07, 6.45) is 1.22. The predicted molar refractivity (Wildman–Crippen MR) is 116 cm³/mol. The Morgan fingerprint density at radius 1 is 1.03 bits per heavy atom. The molecule has 1 heterocycles. The second kappa shape index (κ2) is 10.2. The van der Waals surface area contributed by atoms with E-state index in [1.807, 2.05) is 36.4 Å². The van der Waals surface area contributed by atoms with E-state index in [2.05, 4.69) is 10.0 Å². The lowest BCUT2D eigenvalue weighted by molar-refractivity contribution is -0.121. The van der Waals surface area contributed by atoms with Crippen molar-refractivity contribution < 1.29 is 18.0 Å². The number of hydrogen-bond donors (Lipinski definition) is 2. The highest BCUT2D eigenvalue weighted by Gasteiger charge is 2.28. The first-order chi connectivity index (χ1) is 14.9. The molecule has 162 valence electrons. The summed E-state index contributed by atoms with van der Waals surface area (Å²) in [5.41, 5.74) is 1.14. The molecule has 31 heavy (non-hydrogen) atoms. The smallest absolute Gasteiger partial charge is 0.253 e. The highest BCUT2D eigenvalue weighted by molar-refractivity contribution is 7.89. The number of benzene rings is 2. The molecule has 0 atom stereocenters. The van der Waals surface area contributed by atoms with Gasteiger partial charge in [0.05, 0.1) is 11.0 Å². The molecule has 0 saturated carbocycles. The largest absolute Gasteiger partial charge is 0.339 e. The van der Waals surface area contributed by atoms with Gasteiger partial charge in [-0.25, -0.2) is 13.1 Å². The standard InChI is InChI=1S/C22H24N4O4S/c23-13-4-14-24-31(29,30)20-9-7-18(8-10-20)22(28)26-15-11-17(12-16-26)21(27)25-19-5-2-1-3-6-19/h1-3,5-10,17,24H,4,11-12,14-16H2,(H,25,27). The van der Waals surface area contributed by atoms with Crippen LogP contribution in [-0.4, -0.2) is 44.8 Å². The van der Waals surface area contributed by atoms with Crippen LogP contribution < -0.4 is 10.0 Å². The Kier molecular flexibility index (Phi) is 7.39. The lowest BCUT2D eigenvalue weighted by Crippen LogP contribution is -2.41. The van der Waals surface area contributed by atoms with Crippen LogP contribution in [0, 0.1) is 17.2 Å². The summed E-state index contributed by atoms with van der Waals surface area (Å²) < 4.78 is 26.7. The SMILES string of the molecule is N#CCCNS(=O)(=O)c1ccc(C(=O)N2CCC(C(=O)Nc3ccccc3)CC2)cc1. The van der Waals surface area contributed by atoms with E-state index in [0.717, 1.165) is 5.69 Å². The highest BCUT2D eigenvalue weighted by Crippen LogP contribution is 2.21. The molecule has 2 aromatic rings. The Bertz CT molecular complexity index is 1050. The first-order valence-corrected chi connectivity index (χ1v) is 11.5. The molecule has 1 aliphatic rings. The van der Waals surface area contributed by atoms with Gasteiger partial charge in [-0.3, -0.25) is 9.59 Å². The van der Waals surface area contributed by atoms with Gasteiger partial charge in [0.2, 0.25) is 15.9 Å². The molecular weight excluding hydrogens is 416 g/mol. The molecule has 8 nitrogen and oxygen atoms in total. The number of sulfonamides is 1. The normalized spacial score (nSPS) is 14.6. The van der Waals surface area contributed by atoms with E-state index < -0.39 is 10.0 Å². The molecule has 0 aromatic heterocycles. The van der Waals surface area contributed by atoms with Crippen LogP contribution in [0.15, 0.2) is 59.5 Å². The first-order valence-electron chi connectivity index (χ1n) is 10.0. The maximum Gasteiger partial charge on any atom is 0.253 e. The summed E-state index contributed by atoms with van der Waals surface area (Å²) in [7, 11) is -3.71. The van der Waals surface area contributed by atoms with Crippen LogP contribution in [0.2, 0.25) is 0 Å². The fourth-order valence-corrected chi connectivity index (χ4v) is 4.43. The molecule has 0 unspecified atom stereocenters. The molecule has 1 saturated heterocycles. The van der Waals surface area contributed by atoms with Gasteiger partial charge in [-0.2, -0.15) is 5.26 Å². The van der Waals surface area contributed by atoms with Gasteiger partial charge in [0.15, 0.2) is 0 Å². The third-order valence-corrected chi connectivity index (χ3v) is 6.61. The van der Waals surface area contributed by atoms with Crippen molar-refractivity contribution in [3.8, 4) is 6.07 Å². The molecule has 0 aliphatic carbocycles. The Hall–Kier alpha value is -3.22. The lowest BCUT2D eigenvalue weighted by atomic mass is 9.95. The minimum absolute atomic E-state index is 0.0340. The molecule has 2 amide bonds. The maximum atomic E-state index is 12.8. The molecule has 1 fully saturated rings. The summed E-state index contributed by atoms with van der Waals surface area (Å²) in [5, 5.41) is 11.4. The van der Waals surface area contributed by atoms with Crippen molar-refractivity contribution >= 4 is 27.5 Å². The van der Waals surface area contributed by atoms with Crippen LogP contribution >= 0.6 is 0 Å². The summed E-state index contributed by atoms with van der Waals surface area (Å²) in [6, 6.07) is 16.9. The van der Waals surface area contributed by atoms with Gasteiger partial charge >= 0.3 is 0 Å². The molecule has 2 aromatic carbocycles. The van der Waals surface area contributed by atoms with E-state index in [4.69, 9.17) is 5.26 Å². The van der Waals surface area contributed by atoms with Gasteiger partial charge in [0.25, 0.3) is 5.91 Å². The van der Waals surface area contributed by atoms with Crippen LogP contribution in [0.3, 0.4) is 0 Å². The van der Waals surface area contributed by atoms with Crippen molar-refractivity contribution in [2.75, 3.05) is 25.0 Å². The van der Waals surface area contributed by atoms with Crippen LogP contribution in [-0.2, 0) is 14.8 Å². The van der Waals surface area contributed by atoms with Gasteiger partial charge in [0.1, 0.15) is 0 Å². The maximum absolute atomic E-state index is 12.8. The third kappa shape index (κ3) is 5.90. The molecule has 0 radical (unpaired) electrons. The quantitative estimate of drug-likeness (QED) is 0.641. The van der Waals surface area contributed by atoms with Crippen molar-refractivity contribution in [2.45, 2.75) is 24.2 Å². The Labute approximate surface area is 181 Å². The lowest BCUT2D eigenvalue weighted by Gasteiger charge is -2.31. The fourth-order valence-electron chi connectivity index (χ4n) is 3.39. The van der Waals surface area contributed by atoms with Crippen LogP contribution in [0.4, 0.5) is 5.69 Å². The second-order valence-corrected chi connectivity index (χ2v) is 9.02. The van der Waals surface area contributed by atoms with E-state index in [0.29, 0.717) is 31.5 Å². The number of carbonyl (C=O) groups is 2. The number of piperidine rings is 1. The second-order valence-electron chi connectivity index (χ2n) is 7.25. The number of rotatable bonds is 7. The van der Waals surface area contributed by atoms with Crippen molar-refractivity contribution in [1.29, 1.82) is 5.26 Å². The Morgan fingerprint density at radius 3 is 2.29 bits per heavy atom. The molecule has 0 bridgehead atoms. The van der Waals surface area contributed by atoms with Crippen LogP contribution in [0.5, 0.6) is 0 Å². The number of likely N-dealkylation sites (tertiary alicyclic amines) is 1. The van der Waals surface area contributed by atoms with Crippen molar-refractivity contribution in [3.63, 3.8) is 0 Å². The number of nitrogens with one attached hydrogen (secondary N) is 2. The minimum Gasteiger partial charge on any atom is -0.339 e. The number of nitriles is 1. The first kappa shape index (κ1) is 22.5. The van der Waals surface area contributed by atoms with Gasteiger partial charge in [-0.1, -0.05) is 18.2 Å². The summed E-state index contributed by atoms with van der Waals surface area (Å²) in [4.78, 5) is 26.9. The average molecular weight is 441 g/mol. The monoisotopic (exact) mass is 440 g/mol.